The van der Waals surface area contributed by atoms with Gasteiger partial charge in [0.1, 0.15) is 0 Å². The molecule has 8 heteroatoms. The SMILES string of the molecule is CSc1ccc(C(=O)CCC(=O)OCC(=O)NNC(=O)c2ccccc2)cc1. The fraction of sp³-hybridized carbons (Fsp3) is 0.200. The van der Waals surface area contributed by atoms with Crippen LogP contribution in [0.15, 0.2) is 59.5 Å². The zero-order chi connectivity index (χ0) is 20.4. The van der Waals surface area contributed by atoms with Crippen molar-refractivity contribution in [2.24, 2.45) is 0 Å². The first-order valence-electron chi connectivity index (χ1n) is 8.46. The van der Waals surface area contributed by atoms with E-state index in [0.29, 0.717) is 11.1 Å². The Kier molecular flexibility index (Phi) is 8.23. The van der Waals surface area contributed by atoms with Crippen molar-refractivity contribution >= 4 is 35.3 Å². The van der Waals surface area contributed by atoms with E-state index in [1.54, 1.807) is 54.2 Å². The molecule has 0 radical (unpaired) electrons. The van der Waals surface area contributed by atoms with Crippen molar-refractivity contribution in [3.05, 3.63) is 65.7 Å². The number of hydrogen-bond donors (Lipinski definition) is 2. The maximum atomic E-state index is 12.1. The van der Waals surface area contributed by atoms with Crippen molar-refractivity contribution in [3.8, 4) is 0 Å². The quantitative estimate of drug-likeness (QED) is 0.305. The van der Waals surface area contributed by atoms with Gasteiger partial charge >= 0.3 is 5.97 Å². The molecule has 0 saturated heterocycles. The minimum Gasteiger partial charge on any atom is -0.455 e. The predicted molar refractivity (Wildman–Crippen MR) is 105 cm³/mol. The van der Waals surface area contributed by atoms with Gasteiger partial charge in [0.15, 0.2) is 12.4 Å². The molecule has 2 aromatic rings. The van der Waals surface area contributed by atoms with E-state index in [9.17, 15) is 19.2 Å². The number of ketones is 1. The number of thioether (sulfide) groups is 1. The van der Waals surface area contributed by atoms with Crippen LogP contribution in [0.1, 0.15) is 33.6 Å². The Labute approximate surface area is 166 Å². The summed E-state index contributed by atoms with van der Waals surface area (Å²) in [6.45, 7) is -0.551. The molecule has 146 valence electrons. The smallest absolute Gasteiger partial charge is 0.306 e. The van der Waals surface area contributed by atoms with Crippen molar-refractivity contribution in [1.29, 1.82) is 0 Å². The van der Waals surface area contributed by atoms with Gasteiger partial charge in [0.2, 0.25) is 0 Å². The van der Waals surface area contributed by atoms with E-state index < -0.39 is 24.4 Å². The Morgan fingerprint density at radius 1 is 0.857 bits per heavy atom. The monoisotopic (exact) mass is 400 g/mol. The molecule has 7 nitrogen and oxygen atoms in total. The fourth-order valence-corrected chi connectivity index (χ4v) is 2.59. The number of amides is 2. The highest BCUT2D eigenvalue weighted by Crippen LogP contribution is 2.16. The van der Waals surface area contributed by atoms with E-state index in [1.807, 2.05) is 18.4 Å². The first-order chi connectivity index (χ1) is 13.5. The molecule has 0 heterocycles. The fourth-order valence-electron chi connectivity index (χ4n) is 2.18. The molecule has 0 spiro atoms. The highest BCUT2D eigenvalue weighted by atomic mass is 32.2. The van der Waals surface area contributed by atoms with Gasteiger partial charge < -0.3 is 4.74 Å². The maximum Gasteiger partial charge on any atom is 0.306 e. The summed E-state index contributed by atoms with van der Waals surface area (Å²) in [5, 5.41) is 0. The number of rotatable bonds is 8. The zero-order valence-electron chi connectivity index (χ0n) is 15.3. The number of hydrazine groups is 1. The standard InChI is InChI=1S/C20H20N2O5S/c1-28-16-9-7-14(8-10-16)17(23)11-12-19(25)27-13-18(24)21-22-20(26)15-5-3-2-4-6-15/h2-10H,11-13H2,1H3,(H,21,24)(H,22,26). The number of ether oxygens (including phenoxy) is 1. The number of nitrogens with one attached hydrogen (secondary N) is 2. The minimum atomic E-state index is -0.684. The second kappa shape index (κ2) is 10.9. The molecule has 0 aliphatic heterocycles. The average molecular weight is 400 g/mol. The molecule has 0 saturated carbocycles. The molecule has 0 aliphatic carbocycles. The van der Waals surface area contributed by atoms with Gasteiger partial charge in [-0.05, 0) is 30.5 Å². The number of Topliss-reactive ketones (excluding diaryl/α,β-unsaturated/α-hetero) is 1. The zero-order valence-corrected chi connectivity index (χ0v) is 16.1. The van der Waals surface area contributed by atoms with E-state index in [0.717, 1.165) is 4.90 Å². The molecule has 0 aromatic heterocycles. The predicted octanol–water partition coefficient (Wildman–Crippen LogP) is 2.38. The second-order valence-electron chi connectivity index (χ2n) is 5.68. The summed E-state index contributed by atoms with van der Waals surface area (Å²) < 4.78 is 4.81. The molecule has 0 aliphatic rings. The molecule has 0 atom stereocenters. The Bertz CT molecular complexity index is 837. The maximum absolute atomic E-state index is 12.1. The van der Waals surface area contributed by atoms with Crippen LogP contribution in [0.5, 0.6) is 0 Å². The number of carbonyl (C=O) groups excluding carboxylic acids is 4. The Balaban J connectivity index is 1.66. The third-order valence-corrected chi connectivity index (χ3v) is 4.43. The molecule has 0 unspecified atom stereocenters. The second-order valence-corrected chi connectivity index (χ2v) is 6.56. The van der Waals surface area contributed by atoms with Crippen LogP contribution < -0.4 is 10.9 Å². The lowest BCUT2D eigenvalue weighted by atomic mass is 10.1. The summed E-state index contributed by atoms with van der Waals surface area (Å²) in [6.07, 6.45) is 1.80. The summed E-state index contributed by atoms with van der Waals surface area (Å²) in [5.41, 5.74) is 5.27. The summed E-state index contributed by atoms with van der Waals surface area (Å²) in [6, 6.07) is 15.4. The average Bonchev–Trinajstić information content (AvgIpc) is 2.74. The molecular weight excluding hydrogens is 380 g/mol. The van der Waals surface area contributed by atoms with Crippen molar-refractivity contribution in [2.45, 2.75) is 17.7 Å². The minimum absolute atomic E-state index is 0.0101. The van der Waals surface area contributed by atoms with Crippen molar-refractivity contribution in [1.82, 2.24) is 10.9 Å². The summed E-state index contributed by atoms with van der Waals surface area (Å²) in [7, 11) is 0. The largest absolute Gasteiger partial charge is 0.455 e. The molecule has 0 bridgehead atoms. The van der Waals surface area contributed by atoms with Crippen LogP contribution in [-0.2, 0) is 14.3 Å². The molecule has 2 aromatic carbocycles. The van der Waals surface area contributed by atoms with Gasteiger partial charge in [-0.3, -0.25) is 30.0 Å². The van der Waals surface area contributed by atoms with Gasteiger partial charge in [0, 0.05) is 22.4 Å². The summed E-state index contributed by atoms with van der Waals surface area (Å²) in [5.74, 6) is -2.02. The molecular formula is C20H20N2O5S. The van der Waals surface area contributed by atoms with Crippen molar-refractivity contribution in [3.63, 3.8) is 0 Å². The van der Waals surface area contributed by atoms with Crippen molar-refractivity contribution in [2.75, 3.05) is 12.9 Å². The molecule has 0 fully saturated rings. The highest BCUT2D eigenvalue weighted by molar-refractivity contribution is 7.98. The van der Waals surface area contributed by atoms with Gasteiger partial charge in [-0.15, -0.1) is 11.8 Å². The number of carbonyl (C=O) groups is 4. The van der Waals surface area contributed by atoms with Crippen LogP contribution in [0.3, 0.4) is 0 Å². The third-order valence-electron chi connectivity index (χ3n) is 3.68. The first kappa shape index (κ1) is 21.2. The Morgan fingerprint density at radius 2 is 1.54 bits per heavy atom. The van der Waals surface area contributed by atoms with E-state index in [-0.39, 0.29) is 18.6 Å². The van der Waals surface area contributed by atoms with E-state index >= 15 is 0 Å². The summed E-state index contributed by atoms with van der Waals surface area (Å²) >= 11 is 1.57. The lowest BCUT2D eigenvalue weighted by Crippen LogP contribution is -2.43. The van der Waals surface area contributed by atoms with Gasteiger partial charge in [0.25, 0.3) is 11.8 Å². The Morgan fingerprint density at radius 3 is 2.18 bits per heavy atom. The first-order valence-corrected chi connectivity index (χ1v) is 9.69. The van der Waals surface area contributed by atoms with E-state index in [1.165, 1.54) is 0 Å². The van der Waals surface area contributed by atoms with Crippen molar-refractivity contribution < 1.29 is 23.9 Å². The van der Waals surface area contributed by atoms with Crippen LogP contribution in [0.2, 0.25) is 0 Å². The van der Waals surface area contributed by atoms with Crippen LogP contribution in [0.25, 0.3) is 0 Å². The van der Waals surface area contributed by atoms with E-state index in [2.05, 4.69) is 10.9 Å². The highest BCUT2D eigenvalue weighted by Gasteiger charge is 2.13. The molecule has 2 N–H and O–H groups in total. The molecule has 28 heavy (non-hydrogen) atoms. The summed E-state index contributed by atoms with van der Waals surface area (Å²) in [4.78, 5) is 48.2. The number of hydrogen-bond acceptors (Lipinski definition) is 6. The normalized spacial score (nSPS) is 10.0. The number of benzene rings is 2. The van der Waals surface area contributed by atoms with Crippen LogP contribution >= 0.6 is 11.8 Å². The lowest BCUT2D eigenvalue weighted by Gasteiger charge is -2.08. The Hall–Kier alpha value is -3.13. The van der Waals surface area contributed by atoms with Gasteiger partial charge in [-0.25, -0.2) is 0 Å². The molecule has 2 rings (SSSR count). The van der Waals surface area contributed by atoms with Crippen LogP contribution in [-0.4, -0.2) is 36.4 Å². The molecule has 2 amide bonds. The van der Waals surface area contributed by atoms with Crippen LogP contribution in [0.4, 0.5) is 0 Å². The lowest BCUT2D eigenvalue weighted by molar-refractivity contribution is -0.148. The number of esters is 1. The van der Waals surface area contributed by atoms with Gasteiger partial charge in [-0.2, -0.15) is 0 Å². The van der Waals surface area contributed by atoms with Gasteiger partial charge in [0.05, 0.1) is 6.42 Å². The van der Waals surface area contributed by atoms with Crippen LogP contribution in [0, 0.1) is 0 Å². The topological polar surface area (TPSA) is 102 Å². The van der Waals surface area contributed by atoms with Gasteiger partial charge in [-0.1, -0.05) is 30.3 Å². The third kappa shape index (κ3) is 6.88. The van der Waals surface area contributed by atoms with E-state index in [4.69, 9.17) is 4.74 Å².